The standard InChI is InChI=1S/C13H11ClO5S/c1-17-10-8-7(20-11(10)13(16)19-3)5-4-6(9(8)14)12(15)18-2/h4-5H,1-3H3. The van der Waals surface area contributed by atoms with Crippen LogP contribution in [0, 0.1) is 0 Å². The van der Waals surface area contributed by atoms with Gasteiger partial charge in [-0.25, -0.2) is 9.59 Å². The van der Waals surface area contributed by atoms with E-state index in [-0.39, 0.29) is 10.6 Å². The highest BCUT2D eigenvalue weighted by atomic mass is 35.5. The molecule has 2 rings (SSSR count). The molecule has 7 heteroatoms. The van der Waals surface area contributed by atoms with Crippen LogP contribution in [-0.2, 0) is 9.47 Å². The summed E-state index contributed by atoms with van der Waals surface area (Å²) in [7, 11) is 3.98. The van der Waals surface area contributed by atoms with Gasteiger partial charge >= 0.3 is 11.9 Å². The molecule has 20 heavy (non-hydrogen) atoms. The van der Waals surface area contributed by atoms with Gasteiger partial charge in [-0.2, -0.15) is 0 Å². The Morgan fingerprint density at radius 1 is 1.10 bits per heavy atom. The number of benzene rings is 1. The van der Waals surface area contributed by atoms with Crippen LogP contribution in [0.2, 0.25) is 5.02 Å². The Morgan fingerprint density at radius 2 is 1.75 bits per heavy atom. The minimum atomic E-state index is -0.551. The lowest BCUT2D eigenvalue weighted by molar-refractivity contribution is 0.0593. The van der Waals surface area contributed by atoms with E-state index in [0.717, 1.165) is 4.70 Å². The van der Waals surface area contributed by atoms with Crippen molar-refractivity contribution in [3.63, 3.8) is 0 Å². The number of thiophene rings is 1. The normalized spacial score (nSPS) is 10.4. The summed E-state index contributed by atoms with van der Waals surface area (Å²) in [4.78, 5) is 23.7. The Kier molecular flexibility index (Phi) is 4.15. The predicted octanol–water partition coefficient (Wildman–Crippen LogP) is 3.14. The number of fused-ring (bicyclic) bond motifs is 1. The summed E-state index contributed by atoms with van der Waals surface area (Å²) in [6, 6.07) is 3.24. The average molecular weight is 315 g/mol. The van der Waals surface area contributed by atoms with Crippen molar-refractivity contribution in [3.05, 3.63) is 27.6 Å². The fourth-order valence-corrected chi connectivity index (χ4v) is 3.30. The molecule has 0 radical (unpaired) electrons. The van der Waals surface area contributed by atoms with E-state index in [1.54, 1.807) is 12.1 Å². The second-order valence-corrected chi connectivity index (χ2v) is 5.18. The Morgan fingerprint density at radius 3 is 2.30 bits per heavy atom. The van der Waals surface area contributed by atoms with Gasteiger partial charge in [-0.3, -0.25) is 0 Å². The topological polar surface area (TPSA) is 61.8 Å². The molecule has 0 aliphatic carbocycles. The molecule has 0 atom stereocenters. The molecule has 0 unspecified atom stereocenters. The second kappa shape index (κ2) is 5.68. The Labute approximate surface area is 124 Å². The first kappa shape index (κ1) is 14.6. The van der Waals surface area contributed by atoms with Crippen molar-refractivity contribution in [2.24, 2.45) is 0 Å². The van der Waals surface area contributed by atoms with Crippen LogP contribution in [0.3, 0.4) is 0 Å². The van der Waals surface area contributed by atoms with Crippen molar-refractivity contribution in [2.75, 3.05) is 21.3 Å². The number of hydrogen-bond donors (Lipinski definition) is 0. The number of hydrogen-bond acceptors (Lipinski definition) is 6. The van der Waals surface area contributed by atoms with Crippen LogP contribution in [0.1, 0.15) is 20.0 Å². The van der Waals surface area contributed by atoms with E-state index in [1.807, 2.05) is 0 Å². The summed E-state index contributed by atoms with van der Waals surface area (Å²) >= 11 is 7.42. The number of esters is 2. The van der Waals surface area contributed by atoms with Gasteiger partial charge in [-0.15, -0.1) is 11.3 Å². The number of ether oxygens (including phenoxy) is 3. The highest BCUT2D eigenvalue weighted by molar-refractivity contribution is 7.21. The summed E-state index contributed by atoms with van der Waals surface area (Å²) in [6.45, 7) is 0. The molecule has 0 aliphatic heterocycles. The maximum atomic E-state index is 11.7. The third-order valence-electron chi connectivity index (χ3n) is 2.73. The first-order valence-electron chi connectivity index (χ1n) is 5.50. The maximum absolute atomic E-state index is 11.7. The van der Waals surface area contributed by atoms with Gasteiger partial charge in [0.05, 0.1) is 37.3 Å². The second-order valence-electron chi connectivity index (χ2n) is 3.75. The van der Waals surface area contributed by atoms with Crippen molar-refractivity contribution in [1.29, 1.82) is 0 Å². The molecule has 0 bridgehead atoms. The van der Waals surface area contributed by atoms with E-state index in [9.17, 15) is 9.59 Å². The van der Waals surface area contributed by atoms with E-state index >= 15 is 0 Å². The molecule has 5 nitrogen and oxygen atoms in total. The number of carbonyl (C=O) groups is 2. The van der Waals surface area contributed by atoms with Gasteiger partial charge in [0.15, 0.2) is 10.6 Å². The highest BCUT2D eigenvalue weighted by Crippen LogP contribution is 2.43. The lowest BCUT2D eigenvalue weighted by Gasteiger charge is -2.05. The molecular weight excluding hydrogens is 304 g/mol. The molecule has 1 aromatic carbocycles. The number of carbonyl (C=O) groups excluding carboxylic acids is 2. The Balaban J connectivity index is 2.77. The van der Waals surface area contributed by atoms with Gasteiger partial charge < -0.3 is 14.2 Å². The molecule has 0 saturated carbocycles. The minimum Gasteiger partial charge on any atom is -0.494 e. The van der Waals surface area contributed by atoms with Gasteiger partial charge in [0.25, 0.3) is 0 Å². The van der Waals surface area contributed by atoms with Crippen LogP contribution in [-0.4, -0.2) is 33.3 Å². The van der Waals surface area contributed by atoms with Crippen molar-refractivity contribution in [2.45, 2.75) is 0 Å². The van der Waals surface area contributed by atoms with Gasteiger partial charge in [-0.1, -0.05) is 11.6 Å². The Bertz CT molecular complexity index is 692. The fourth-order valence-electron chi connectivity index (χ4n) is 1.81. The summed E-state index contributed by atoms with van der Waals surface area (Å²) < 4.78 is 15.3. The molecule has 0 aliphatic rings. The lowest BCUT2D eigenvalue weighted by atomic mass is 10.1. The van der Waals surface area contributed by atoms with Gasteiger partial charge in [0.2, 0.25) is 0 Å². The van der Waals surface area contributed by atoms with Crippen molar-refractivity contribution < 1.29 is 23.8 Å². The predicted molar refractivity (Wildman–Crippen MR) is 76.1 cm³/mol. The van der Waals surface area contributed by atoms with E-state index in [4.69, 9.17) is 21.1 Å². The van der Waals surface area contributed by atoms with E-state index < -0.39 is 11.9 Å². The number of methoxy groups -OCH3 is 3. The quantitative estimate of drug-likeness (QED) is 0.814. The molecule has 106 valence electrons. The van der Waals surface area contributed by atoms with Crippen LogP contribution in [0.5, 0.6) is 5.75 Å². The lowest BCUT2D eigenvalue weighted by Crippen LogP contribution is -2.02. The molecule has 0 N–H and O–H groups in total. The Hall–Kier alpha value is -1.79. The van der Waals surface area contributed by atoms with E-state index in [1.165, 1.54) is 32.7 Å². The fraction of sp³-hybridized carbons (Fsp3) is 0.231. The first-order valence-corrected chi connectivity index (χ1v) is 6.70. The zero-order chi connectivity index (χ0) is 14.9. The van der Waals surface area contributed by atoms with Gasteiger partial charge in [0, 0.05) is 4.70 Å². The SMILES string of the molecule is COC(=O)c1ccc2sc(C(=O)OC)c(OC)c2c1Cl. The summed E-state index contributed by atoms with van der Waals surface area (Å²) in [5.74, 6) is -0.767. The van der Waals surface area contributed by atoms with Crippen molar-refractivity contribution in [1.82, 2.24) is 0 Å². The van der Waals surface area contributed by atoms with Crippen LogP contribution in [0.4, 0.5) is 0 Å². The molecule has 0 amide bonds. The van der Waals surface area contributed by atoms with Gasteiger partial charge in [-0.05, 0) is 12.1 Å². The number of rotatable bonds is 3. The molecule has 2 aromatic rings. The molecule has 0 saturated heterocycles. The maximum Gasteiger partial charge on any atom is 0.351 e. The molecular formula is C13H11ClO5S. The monoisotopic (exact) mass is 314 g/mol. The van der Waals surface area contributed by atoms with Crippen LogP contribution < -0.4 is 4.74 Å². The summed E-state index contributed by atoms with van der Waals surface area (Å²) in [5, 5.41) is 0.695. The van der Waals surface area contributed by atoms with Crippen molar-refractivity contribution >= 4 is 45.0 Å². The van der Waals surface area contributed by atoms with E-state index in [2.05, 4.69) is 4.74 Å². The van der Waals surface area contributed by atoms with Crippen LogP contribution in [0.25, 0.3) is 10.1 Å². The average Bonchev–Trinajstić information content (AvgIpc) is 2.85. The third-order valence-corrected chi connectivity index (χ3v) is 4.24. The van der Waals surface area contributed by atoms with E-state index in [0.29, 0.717) is 16.0 Å². The summed E-state index contributed by atoms with van der Waals surface area (Å²) in [6.07, 6.45) is 0. The van der Waals surface area contributed by atoms with Gasteiger partial charge in [0.1, 0.15) is 0 Å². The van der Waals surface area contributed by atoms with Crippen LogP contribution in [0.15, 0.2) is 12.1 Å². The highest BCUT2D eigenvalue weighted by Gasteiger charge is 2.24. The molecule has 1 heterocycles. The van der Waals surface area contributed by atoms with Crippen molar-refractivity contribution in [3.8, 4) is 5.75 Å². The van der Waals surface area contributed by atoms with Crippen LogP contribution >= 0.6 is 22.9 Å². The molecule has 1 aromatic heterocycles. The smallest absolute Gasteiger partial charge is 0.351 e. The molecule has 0 spiro atoms. The zero-order valence-electron chi connectivity index (χ0n) is 11.0. The first-order chi connectivity index (χ1) is 9.54. The minimum absolute atomic E-state index is 0.192. The third kappa shape index (κ3) is 2.21. The zero-order valence-corrected chi connectivity index (χ0v) is 12.6. The molecule has 0 fully saturated rings. The largest absolute Gasteiger partial charge is 0.494 e. The number of halogens is 1. The summed E-state index contributed by atoms with van der Waals surface area (Å²) in [5.41, 5.74) is 0.217.